The summed E-state index contributed by atoms with van der Waals surface area (Å²) in [5, 5.41) is 5.51. The van der Waals surface area contributed by atoms with Gasteiger partial charge in [0.05, 0.1) is 0 Å². The maximum Gasteiger partial charge on any atom is 0.272 e. The predicted molar refractivity (Wildman–Crippen MR) is 85.9 cm³/mol. The average molecular weight is 326 g/mol. The lowest BCUT2D eigenvalue weighted by Crippen LogP contribution is -2.17. The molecule has 122 valence electrons. The van der Waals surface area contributed by atoms with E-state index in [0.29, 0.717) is 36.1 Å². The van der Waals surface area contributed by atoms with Gasteiger partial charge in [0.15, 0.2) is 17.1 Å². The lowest BCUT2D eigenvalue weighted by Gasteiger charge is -2.18. The standard InChI is InChI=1S/C16H14N4O4/c1-9-6-14(21)20-15(18-9)11(8-17-20)16(22)19-10-2-3-12-13(7-10)24-5-4-23-12/h2-3,6-8,17H,4-5H2,1H3,(H,19,22). The molecule has 0 spiro atoms. The normalized spacial score (nSPS) is 13.0. The van der Waals surface area contributed by atoms with E-state index in [-0.39, 0.29) is 22.7 Å². The topological polar surface area (TPSA) is 97.7 Å². The molecule has 0 radical (unpaired) electrons. The molecule has 0 saturated carbocycles. The molecule has 3 heterocycles. The number of nitrogens with one attached hydrogen (secondary N) is 2. The number of hydrogen-bond donors (Lipinski definition) is 2. The van der Waals surface area contributed by atoms with Gasteiger partial charge in [0.2, 0.25) is 0 Å². The average Bonchev–Trinajstić information content (AvgIpc) is 2.99. The molecule has 0 bridgehead atoms. The molecule has 8 nitrogen and oxygen atoms in total. The van der Waals surface area contributed by atoms with Crippen LogP contribution in [0.1, 0.15) is 16.1 Å². The molecule has 1 aliphatic rings. The van der Waals surface area contributed by atoms with Crippen LogP contribution in [-0.4, -0.2) is 33.7 Å². The fourth-order valence-corrected chi connectivity index (χ4v) is 2.58. The van der Waals surface area contributed by atoms with Crippen LogP contribution in [0, 0.1) is 6.92 Å². The fourth-order valence-electron chi connectivity index (χ4n) is 2.58. The molecule has 0 aliphatic carbocycles. The van der Waals surface area contributed by atoms with Gasteiger partial charge in [0, 0.05) is 29.7 Å². The zero-order chi connectivity index (χ0) is 16.7. The first kappa shape index (κ1) is 14.3. The summed E-state index contributed by atoms with van der Waals surface area (Å²) in [6.07, 6.45) is 1.45. The Hall–Kier alpha value is -3.29. The Morgan fingerprint density at radius 2 is 2.04 bits per heavy atom. The van der Waals surface area contributed by atoms with Crippen molar-refractivity contribution in [1.29, 1.82) is 0 Å². The number of aryl methyl sites for hydroxylation is 1. The number of rotatable bonds is 2. The number of carbonyl (C=O) groups is 1. The highest BCUT2D eigenvalue weighted by Crippen LogP contribution is 2.32. The molecule has 2 aromatic heterocycles. The van der Waals surface area contributed by atoms with Crippen LogP contribution in [0.3, 0.4) is 0 Å². The van der Waals surface area contributed by atoms with E-state index in [1.165, 1.54) is 16.8 Å². The first-order chi connectivity index (χ1) is 11.6. The van der Waals surface area contributed by atoms with E-state index in [1.807, 2.05) is 0 Å². The highest BCUT2D eigenvalue weighted by Gasteiger charge is 2.17. The highest BCUT2D eigenvalue weighted by atomic mass is 16.6. The first-order valence-corrected chi connectivity index (χ1v) is 7.40. The summed E-state index contributed by atoms with van der Waals surface area (Å²) in [5.74, 6) is 0.862. The molecule has 2 N–H and O–H groups in total. The number of anilines is 1. The van der Waals surface area contributed by atoms with Crippen molar-refractivity contribution in [1.82, 2.24) is 14.6 Å². The van der Waals surface area contributed by atoms with Crippen molar-refractivity contribution >= 4 is 17.2 Å². The molecule has 1 aliphatic heterocycles. The van der Waals surface area contributed by atoms with E-state index >= 15 is 0 Å². The zero-order valence-electron chi connectivity index (χ0n) is 12.8. The fraction of sp³-hybridized carbons (Fsp3) is 0.188. The van der Waals surface area contributed by atoms with Crippen molar-refractivity contribution in [3.63, 3.8) is 0 Å². The predicted octanol–water partition coefficient (Wildman–Crippen LogP) is 1.35. The summed E-state index contributed by atoms with van der Waals surface area (Å²) in [6, 6.07) is 6.56. The molecule has 0 fully saturated rings. The summed E-state index contributed by atoms with van der Waals surface area (Å²) in [4.78, 5) is 28.7. The molecule has 0 unspecified atom stereocenters. The third-order valence-electron chi connectivity index (χ3n) is 3.67. The Morgan fingerprint density at radius 3 is 2.88 bits per heavy atom. The monoisotopic (exact) mass is 326 g/mol. The summed E-state index contributed by atoms with van der Waals surface area (Å²) < 4.78 is 12.2. The molecule has 1 aromatic carbocycles. The molecule has 1 amide bonds. The second kappa shape index (κ2) is 5.41. The van der Waals surface area contributed by atoms with E-state index in [9.17, 15) is 9.59 Å². The van der Waals surface area contributed by atoms with Gasteiger partial charge in [-0.15, -0.1) is 0 Å². The number of nitrogens with zero attached hydrogens (tertiary/aromatic N) is 2. The van der Waals surface area contributed by atoms with Gasteiger partial charge in [-0.25, -0.2) is 9.50 Å². The maximum absolute atomic E-state index is 12.5. The van der Waals surface area contributed by atoms with E-state index in [2.05, 4.69) is 15.4 Å². The number of H-pyrrole nitrogens is 1. The Morgan fingerprint density at radius 1 is 1.25 bits per heavy atom. The zero-order valence-corrected chi connectivity index (χ0v) is 12.8. The Bertz CT molecular complexity index is 1000. The van der Waals surface area contributed by atoms with Gasteiger partial charge in [0.25, 0.3) is 11.5 Å². The number of hydrogen-bond acceptors (Lipinski definition) is 5. The van der Waals surface area contributed by atoms with Crippen molar-refractivity contribution in [3.05, 3.63) is 52.1 Å². The van der Waals surface area contributed by atoms with Gasteiger partial charge in [-0.1, -0.05) is 0 Å². The van der Waals surface area contributed by atoms with Crippen molar-refractivity contribution in [3.8, 4) is 11.5 Å². The lowest BCUT2D eigenvalue weighted by atomic mass is 10.2. The second-order valence-corrected chi connectivity index (χ2v) is 5.39. The first-order valence-electron chi connectivity index (χ1n) is 7.40. The number of carbonyl (C=O) groups excluding carboxylic acids is 1. The molecule has 24 heavy (non-hydrogen) atoms. The second-order valence-electron chi connectivity index (χ2n) is 5.39. The van der Waals surface area contributed by atoms with Crippen LogP contribution in [0.4, 0.5) is 5.69 Å². The minimum atomic E-state index is -0.372. The maximum atomic E-state index is 12.5. The molecule has 8 heteroatoms. The molecular formula is C16H14N4O4. The van der Waals surface area contributed by atoms with Crippen LogP contribution < -0.4 is 20.3 Å². The van der Waals surface area contributed by atoms with Gasteiger partial charge < -0.3 is 14.8 Å². The third-order valence-corrected chi connectivity index (χ3v) is 3.67. The quantitative estimate of drug-likeness (QED) is 0.741. The minimum Gasteiger partial charge on any atom is -0.486 e. The van der Waals surface area contributed by atoms with Crippen LogP contribution >= 0.6 is 0 Å². The molecular weight excluding hydrogens is 312 g/mol. The summed E-state index contributed by atoms with van der Waals surface area (Å²) in [7, 11) is 0. The van der Waals surface area contributed by atoms with Gasteiger partial charge in [0.1, 0.15) is 18.8 Å². The molecule has 0 saturated heterocycles. The number of benzene rings is 1. The number of fused-ring (bicyclic) bond motifs is 2. The number of amides is 1. The van der Waals surface area contributed by atoms with E-state index in [1.54, 1.807) is 25.1 Å². The van der Waals surface area contributed by atoms with Crippen LogP contribution in [-0.2, 0) is 0 Å². The van der Waals surface area contributed by atoms with Crippen molar-refractivity contribution in [2.75, 3.05) is 18.5 Å². The van der Waals surface area contributed by atoms with Gasteiger partial charge in [-0.3, -0.25) is 14.7 Å². The third kappa shape index (κ3) is 2.37. The highest BCUT2D eigenvalue weighted by molar-refractivity contribution is 6.08. The largest absolute Gasteiger partial charge is 0.486 e. The van der Waals surface area contributed by atoms with E-state index in [0.717, 1.165) is 0 Å². The summed E-state index contributed by atoms with van der Waals surface area (Å²) in [6.45, 7) is 2.68. The van der Waals surface area contributed by atoms with Gasteiger partial charge in [-0.05, 0) is 19.1 Å². The van der Waals surface area contributed by atoms with Gasteiger partial charge >= 0.3 is 0 Å². The smallest absolute Gasteiger partial charge is 0.272 e. The van der Waals surface area contributed by atoms with Crippen LogP contribution in [0.25, 0.3) is 5.65 Å². The van der Waals surface area contributed by atoms with Gasteiger partial charge in [-0.2, -0.15) is 0 Å². The summed E-state index contributed by atoms with van der Waals surface area (Å²) >= 11 is 0. The SMILES string of the molecule is Cc1cc(=O)n2[nH]cc(C(=O)Nc3ccc4c(c3)OCCO4)c2n1. The van der Waals surface area contributed by atoms with Crippen molar-refractivity contribution in [2.24, 2.45) is 0 Å². The minimum absolute atomic E-state index is 0.268. The molecule has 3 aromatic rings. The number of ether oxygens (including phenoxy) is 2. The van der Waals surface area contributed by atoms with E-state index in [4.69, 9.17) is 9.47 Å². The number of aromatic nitrogens is 3. The van der Waals surface area contributed by atoms with Crippen molar-refractivity contribution < 1.29 is 14.3 Å². The van der Waals surface area contributed by atoms with Crippen molar-refractivity contribution in [2.45, 2.75) is 6.92 Å². The van der Waals surface area contributed by atoms with Crippen LogP contribution in [0.2, 0.25) is 0 Å². The Balaban J connectivity index is 1.66. The molecule has 0 atom stereocenters. The Labute approximate surface area is 136 Å². The van der Waals surface area contributed by atoms with E-state index < -0.39 is 0 Å². The van der Waals surface area contributed by atoms with Crippen LogP contribution in [0.5, 0.6) is 11.5 Å². The summed E-state index contributed by atoms with van der Waals surface area (Å²) in [5.41, 5.74) is 1.42. The van der Waals surface area contributed by atoms with Crippen LogP contribution in [0.15, 0.2) is 35.3 Å². The number of aromatic amines is 1. The molecule has 4 rings (SSSR count). The Kier molecular flexibility index (Phi) is 3.23. The lowest BCUT2D eigenvalue weighted by molar-refractivity contribution is 0.102.